The van der Waals surface area contributed by atoms with Gasteiger partial charge in [0.15, 0.2) is 5.11 Å². The van der Waals surface area contributed by atoms with Crippen LogP contribution in [-0.4, -0.2) is 29.7 Å². The maximum absolute atomic E-state index is 5.30. The molecule has 0 unspecified atom stereocenters. The van der Waals surface area contributed by atoms with Crippen LogP contribution in [0.2, 0.25) is 0 Å². The molecule has 0 bridgehead atoms. The quantitative estimate of drug-likeness (QED) is 0.472. The van der Waals surface area contributed by atoms with Crippen molar-refractivity contribution >= 4 is 35.0 Å². The van der Waals surface area contributed by atoms with Crippen molar-refractivity contribution in [2.45, 2.75) is 57.4 Å². The van der Waals surface area contributed by atoms with Crippen molar-refractivity contribution in [3.63, 3.8) is 0 Å². The summed E-state index contributed by atoms with van der Waals surface area (Å²) in [4.78, 5) is 0. The lowest BCUT2D eigenvalue weighted by Gasteiger charge is -2.24. The Kier molecular flexibility index (Phi) is 9.12. The van der Waals surface area contributed by atoms with Gasteiger partial charge in [0.25, 0.3) is 0 Å². The molecule has 0 aromatic heterocycles. The number of nitrogens with one attached hydrogen (secondary N) is 3. The standard InChI is InChI=1S/C13H25N3S2/c17-11-14-9-5-2-6-10-15-13(18)16-12-7-3-1-4-8-12/h11-12H,1-10H2,(H,14,17)(H2,15,16,18). The van der Waals surface area contributed by atoms with E-state index < -0.39 is 0 Å². The minimum Gasteiger partial charge on any atom is -0.382 e. The molecule has 18 heavy (non-hydrogen) atoms. The van der Waals surface area contributed by atoms with E-state index in [9.17, 15) is 0 Å². The highest BCUT2D eigenvalue weighted by Crippen LogP contribution is 2.17. The largest absolute Gasteiger partial charge is 0.382 e. The van der Waals surface area contributed by atoms with Crippen LogP contribution in [0.15, 0.2) is 0 Å². The van der Waals surface area contributed by atoms with Gasteiger partial charge in [-0.15, -0.1) is 0 Å². The summed E-state index contributed by atoms with van der Waals surface area (Å²) >= 11 is 9.99. The molecule has 0 aromatic carbocycles. The summed E-state index contributed by atoms with van der Waals surface area (Å²) < 4.78 is 0. The van der Waals surface area contributed by atoms with E-state index in [1.165, 1.54) is 38.5 Å². The Balaban J connectivity index is 1.91. The molecule has 3 nitrogen and oxygen atoms in total. The van der Waals surface area contributed by atoms with Crippen LogP contribution in [0, 0.1) is 0 Å². The van der Waals surface area contributed by atoms with E-state index in [1.807, 2.05) is 0 Å². The van der Waals surface area contributed by atoms with Crippen molar-refractivity contribution < 1.29 is 0 Å². The normalized spacial score (nSPS) is 16.0. The fourth-order valence-corrected chi connectivity index (χ4v) is 2.66. The zero-order chi connectivity index (χ0) is 13.1. The third kappa shape index (κ3) is 7.82. The molecular formula is C13H25N3S2. The SMILES string of the molecule is S=CNCCCCCNC(=S)NC1CCCCC1. The van der Waals surface area contributed by atoms with Crippen LogP contribution in [0.3, 0.4) is 0 Å². The third-order valence-electron chi connectivity index (χ3n) is 3.31. The van der Waals surface area contributed by atoms with Gasteiger partial charge in [0.05, 0.1) is 5.49 Å². The Morgan fingerprint density at radius 3 is 2.50 bits per heavy atom. The lowest BCUT2D eigenvalue weighted by Crippen LogP contribution is -2.42. The average molecular weight is 287 g/mol. The van der Waals surface area contributed by atoms with Gasteiger partial charge in [-0.2, -0.15) is 0 Å². The molecule has 5 heteroatoms. The topological polar surface area (TPSA) is 36.1 Å². The van der Waals surface area contributed by atoms with Gasteiger partial charge in [-0.25, -0.2) is 0 Å². The van der Waals surface area contributed by atoms with Gasteiger partial charge in [-0.05, 0) is 44.3 Å². The first-order valence-electron chi connectivity index (χ1n) is 7.04. The molecule has 3 N–H and O–H groups in total. The van der Waals surface area contributed by atoms with E-state index in [4.69, 9.17) is 24.4 Å². The van der Waals surface area contributed by atoms with Gasteiger partial charge in [0.2, 0.25) is 0 Å². The first kappa shape index (κ1) is 15.6. The molecule has 1 saturated carbocycles. The number of hydrogen-bond donors (Lipinski definition) is 3. The monoisotopic (exact) mass is 287 g/mol. The molecule has 1 aliphatic rings. The molecular weight excluding hydrogens is 262 g/mol. The molecule has 0 amide bonds. The van der Waals surface area contributed by atoms with Gasteiger partial charge in [-0.3, -0.25) is 0 Å². The summed E-state index contributed by atoms with van der Waals surface area (Å²) in [6.07, 6.45) is 10.1. The molecule has 0 aliphatic heterocycles. The van der Waals surface area contributed by atoms with Gasteiger partial charge in [0, 0.05) is 19.1 Å². The predicted molar refractivity (Wildman–Crippen MR) is 86.1 cm³/mol. The highest BCUT2D eigenvalue weighted by atomic mass is 32.1. The van der Waals surface area contributed by atoms with Gasteiger partial charge >= 0.3 is 0 Å². The molecule has 104 valence electrons. The van der Waals surface area contributed by atoms with Gasteiger partial charge in [0.1, 0.15) is 0 Å². The van der Waals surface area contributed by atoms with Gasteiger partial charge in [-0.1, -0.05) is 31.5 Å². The smallest absolute Gasteiger partial charge is 0.166 e. The Labute approximate surface area is 121 Å². The average Bonchev–Trinajstić information content (AvgIpc) is 2.39. The Bertz CT molecular complexity index is 240. The highest BCUT2D eigenvalue weighted by molar-refractivity contribution is 7.80. The molecule has 0 saturated heterocycles. The van der Waals surface area contributed by atoms with E-state index in [2.05, 4.69) is 16.0 Å². The number of rotatable bonds is 8. The highest BCUT2D eigenvalue weighted by Gasteiger charge is 2.13. The zero-order valence-electron chi connectivity index (χ0n) is 11.0. The van der Waals surface area contributed by atoms with Gasteiger partial charge < -0.3 is 16.0 Å². The van der Waals surface area contributed by atoms with Crippen molar-refractivity contribution in [1.82, 2.24) is 16.0 Å². The summed E-state index contributed by atoms with van der Waals surface area (Å²) in [5.41, 5.74) is 1.58. The summed E-state index contributed by atoms with van der Waals surface area (Å²) in [5, 5.41) is 10.6. The van der Waals surface area contributed by atoms with Crippen molar-refractivity contribution in [3.05, 3.63) is 0 Å². The Morgan fingerprint density at radius 1 is 1.06 bits per heavy atom. The zero-order valence-corrected chi connectivity index (χ0v) is 12.7. The molecule has 0 aromatic rings. The van der Waals surface area contributed by atoms with E-state index in [0.29, 0.717) is 6.04 Å². The molecule has 0 radical (unpaired) electrons. The summed E-state index contributed by atoms with van der Waals surface area (Å²) in [6, 6.07) is 0.602. The summed E-state index contributed by atoms with van der Waals surface area (Å²) in [7, 11) is 0. The predicted octanol–water partition coefficient (Wildman–Crippen LogP) is 2.50. The van der Waals surface area contributed by atoms with E-state index >= 15 is 0 Å². The summed E-state index contributed by atoms with van der Waals surface area (Å²) in [6.45, 7) is 1.95. The molecule has 0 heterocycles. The lowest BCUT2D eigenvalue weighted by molar-refractivity contribution is 0.412. The lowest BCUT2D eigenvalue weighted by atomic mass is 9.96. The molecule has 1 aliphatic carbocycles. The van der Waals surface area contributed by atoms with Crippen LogP contribution in [0.25, 0.3) is 0 Å². The van der Waals surface area contributed by atoms with E-state index in [-0.39, 0.29) is 0 Å². The van der Waals surface area contributed by atoms with E-state index in [0.717, 1.165) is 31.0 Å². The maximum atomic E-state index is 5.30. The second-order valence-electron chi connectivity index (χ2n) is 4.87. The first-order chi connectivity index (χ1) is 8.83. The van der Waals surface area contributed by atoms with Crippen LogP contribution in [0.4, 0.5) is 0 Å². The first-order valence-corrected chi connectivity index (χ1v) is 7.92. The van der Waals surface area contributed by atoms with E-state index in [1.54, 1.807) is 5.49 Å². The fourth-order valence-electron chi connectivity index (χ4n) is 2.27. The number of unbranched alkanes of at least 4 members (excludes halogenated alkanes) is 2. The number of hydrogen-bond acceptors (Lipinski definition) is 2. The second-order valence-corrected chi connectivity index (χ2v) is 5.51. The molecule has 0 spiro atoms. The third-order valence-corrected chi connectivity index (χ3v) is 3.74. The second kappa shape index (κ2) is 10.5. The summed E-state index contributed by atoms with van der Waals surface area (Å²) in [5.74, 6) is 0. The van der Waals surface area contributed by atoms with Crippen molar-refractivity contribution in [3.8, 4) is 0 Å². The Hall–Kier alpha value is -0.420. The van der Waals surface area contributed by atoms with Crippen LogP contribution in [0.5, 0.6) is 0 Å². The van der Waals surface area contributed by atoms with Crippen LogP contribution < -0.4 is 16.0 Å². The minimum absolute atomic E-state index is 0.602. The number of thiocarbonyl (C=S) groups is 2. The van der Waals surface area contributed by atoms with Crippen molar-refractivity contribution in [2.24, 2.45) is 0 Å². The van der Waals surface area contributed by atoms with Crippen molar-refractivity contribution in [1.29, 1.82) is 0 Å². The Morgan fingerprint density at radius 2 is 1.78 bits per heavy atom. The molecule has 1 fully saturated rings. The van der Waals surface area contributed by atoms with Crippen LogP contribution >= 0.6 is 24.4 Å². The maximum Gasteiger partial charge on any atom is 0.166 e. The molecule has 1 rings (SSSR count). The molecule has 0 atom stereocenters. The fraction of sp³-hybridized carbons (Fsp3) is 0.846. The van der Waals surface area contributed by atoms with Crippen LogP contribution in [-0.2, 0) is 0 Å². The van der Waals surface area contributed by atoms with Crippen molar-refractivity contribution in [2.75, 3.05) is 13.1 Å². The minimum atomic E-state index is 0.602. The van der Waals surface area contributed by atoms with Crippen LogP contribution in [0.1, 0.15) is 51.4 Å².